The third-order valence-corrected chi connectivity index (χ3v) is 4.04. The van der Waals surface area contributed by atoms with Gasteiger partial charge in [-0.25, -0.2) is 0 Å². The molecule has 0 N–H and O–H groups in total. The molecule has 0 atom stereocenters. The van der Waals surface area contributed by atoms with Crippen molar-refractivity contribution >= 4 is 34.9 Å². The van der Waals surface area contributed by atoms with Crippen LogP contribution < -0.4 is 5.01 Å². The second-order valence-corrected chi connectivity index (χ2v) is 5.87. The Morgan fingerprint density at radius 2 is 1.91 bits per heavy atom. The quantitative estimate of drug-likeness (QED) is 0.618. The number of ketones is 1. The number of nitrogens with zero attached hydrogens (tertiary/aromatic N) is 2. The lowest BCUT2D eigenvalue weighted by Crippen LogP contribution is -2.18. The predicted molar refractivity (Wildman–Crippen MR) is 96.1 cm³/mol. The van der Waals surface area contributed by atoms with E-state index in [1.165, 1.54) is 5.56 Å². The summed E-state index contributed by atoms with van der Waals surface area (Å²) in [7, 11) is 0. The van der Waals surface area contributed by atoms with Crippen LogP contribution in [0.3, 0.4) is 0 Å². The van der Waals surface area contributed by atoms with Gasteiger partial charge in [0.2, 0.25) is 5.78 Å². The number of halogens is 1. The summed E-state index contributed by atoms with van der Waals surface area (Å²) < 4.78 is 0. The van der Waals surface area contributed by atoms with E-state index in [9.17, 15) is 4.79 Å². The molecule has 2 aromatic carbocycles. The monoisotopic (exact) mass is 324 g/mol. The topological polar surface area (TPSA) is 32.7 Å². The van der Waals surface area contributed by atoms with E-state index < -0.39 is 0 Å². The molecule has 0 aliphatic carbocycles. The van der Waals surface area contributed by atoms with Crippen molar-refractivity contribution in [2.75, 3.05) is 11.6 Å². The highest BCUT2D eigenvalue weighted by atomic mass is 35.5. The Labute approximate surface area is 140 Å². The molecule has 2 aromatic rings. The lowest BCUT2D eigenvalue weighted by molar-refractivity contribution is -0.108. The fraction of sp³-hybridized carbons (Fsp3) is 0.158. The van der Waals surface area contributed by atoms with Crippen molar-refractivity contribution in [3.05, 3.63) is 70.8 Å². The molecule has 0 amide bonds. The molecule has 0 fully saturated rings. The molecule has 0 saturated heterocycles. The molecule has 0 saturated carbocycles. The summed E-state index contributed by atoms with van der Waals surface area (Å²) in [6.07, 6.45) is 4.28. The highest BCUT2D eigenvalue weighted by molar-refractivity contribution is 6.44. The maximum Gasteiger partial charge on any atom is 0.201 e. The van der Waals surface area contributed by atoms with Crippen molar-refractivity contribution in [3.8, 4) is 0 Å². The minimum Gasteiger partial charge on any atom is -0.288 e. The number of rotatable bonds is 4. The van der Waals surface area contributed by atoms with Gasteiger partial charge in [-0.05, 0) is 48.7 Å². The Morgan fingerprint density at radius 3 is 2.70 bits per heavy atom. The molecule has 3 nitrogen and oxygen atoms in total. The van der Waals surface area contributed by atoms with Crippen molar-refractivity contribution in [1.29, 1.82) is 0 Å². The highest BCUT2D eigenvalue weighted by Gasteiger charge is 2.18. The Balaban J connectivity index is 1.71. The molecule has 23 heavy (non-hydrogen) atoms. The average Bonchev–Trinajstić information content (AvgIpc) is 2.97. The van der Waals surface area contributed by atoms with Crippen LogP contribution in [0, 0.1) is 0 Å². The number of hydrazone groups is 1. The largest absolute Gasteiger partial charge is 0.288 e. The second kappa shape index (κ2) is 6.80. The smallest absolute Gasteiger partial charge is 0.201 e. The first kappa shape index (κ1) is 15.5. The minimum atomic E-state index is -0.0932. The van der Waals surface area contributed by atoms with Crippen molar-refractivity contribution in [2.24, 2.45) is 5.10 Å². The Bertz CT molecular complexity index is 778. The van der Waals surface area contributed by atoms with Crippen LogP contribution in [0.2, 0.25) is 5.02 Å². The molecule has 0 aromatic heterocycles. The van der Waals surface area contributed by atoms with E-state index in [1.54, 1.807) is 31.2 Å². The number of carbonyl (C=O) groups is 1. The van der Waals surface area contributed by atoms with Gasteiger partial charge in [0.25, 0.3) is 0 Å². The molecule has 1 aliphatic rings. The first-order valence-electron chi connectivity index (χ1n) is 7.52. The lowest BCUT2D eigenvalue weighted by Gasteiger charge is -2.13. The summed E-state index contributed by atoms with van der Waals surface area (Å²) in [4.78, 5) is 12.2. The fourth-order valence-corrected chi connectivity index (χ4v) is 2.65. The van der Waals surface area contributed by atoms with Crippen LogP contribution in [-0.4, -0.2) is 18.0 Å². The third kappa shape index (κ3) is 3.69. The Morgan fingerprint density at radius 1 is 1.17 bits per heavy atom. The van der Waals surface area contributed by atoms with Crippen LogP contribution in [0.25, 0.3) is 6.08 Å². The molecular formula is C19H17ClN2O. The molecule has 0 spiro atoms. The van der Waals surface area contributed by atoms with Crippen LogP contribution in [-0.2, 0) is 11.2 Å². The van der Waals surface area contributed by atoms with Crippen LogP contribution >= 0.6 is 11.6 Å². The fourth-order valence-electron chi connectivity index (χ4n) is 2.52. The molecule has 1 aliphatic heterocycles. The third-order valence-electron chi connectivity index (χ3n) is 3.79. The van der Waals surface area contributed by atoms with Crippen LogP contribution in [0.15, 0.2) is 59.7 Å². The van der Waals surface area contributed by atoms with E-state index in [4.69, 9.17) is 11.6 Å². The Hall–Kier alpha value is -2.39. The van der Waals surface area contributed by atoms with E-state index in [-0.39, 0.29) is 5.78 Å². The predicted octanol–water partition coefficient (Wildman–Crippen LogP) is 4.36. The molecule has 0 bridgehead atoms. The van der Waals surface area contributed by atoms with Gasteiger partial charge < -0.3 is 0 Å². The SMILES string of the molecule is C/C(=N\N1CCc2ccccc21)C(=O)/C=C/c1ccc(Cl)cc1. The second-order valence-electron chi connectivity index (χ2n) is 5.44. The lowest BCUT2D eigenvalue weighted by atomic mass is 10.1. The number of carbonyl (C=O) groups excluding carboxylic acids is 1. The van der Waals surface area contributed by atoms with Crippen molar-refractivity contribution in [3.63, 3.8) is 0 Å². The van der Waals surface area contributed by atoms with E-state index >= 15 is 0 Å². The zero-order valence-electron chi connectivity index (χ0n) is 12.9. The molecule has 4 heteroatoms. The van der Waals surface area contributed by atoms with E-state index in [0.29, 0.717) is 10.7 Å². The van der Waals surface area contributed by atoms with Gasteiger partial charge in [0.05, 0.1) is 5.69 Å². The molecule has 0 radical (unpaired) electrons. The summed E-state index contributed by atoms with van der Waals surface area (Å²) in [6.45, 7) is 2.56. The van der Waals surface area contributed by atoms with Crippen LogP contribution in [0.5, 0.6) is 0 Å². The number of para-hydroxylation sites is 1. The van der Waals surface area contributed by atoms with Gasteiger partial charge in [-0.15, -0.1) is 0 Å². The van der Waals surface area contributed by atoms with Gasteiger partial charge >= 0.3 is 0 Å². The van der Waals surface area contributed by atoms with Gasteiger partial charge in [0.15, 0.2) is 0 Å². The van der Waals surface area contributed by atoms with E-state index in [1.807, 2.05) is 35.3 Å². The normalized spacial score (nSPS) is 14.3. The number of allylic oxidation sites excluding steroid dienone is 1. The number of anilines is 1. The molecule has 116 valence electrons. The number of hydrogen-bond acceptors (Lipinski definition) is 3. The number of benzene rings is 2. The van der Waals surface area contributed by atoms with Crippen LogP contribution in [0.1, 0.15) is 18.1 Å². The molecule has 0 unspecified atom stereocenters. The van der Waals surface area contributed by atoms with Crippen molar-refractivity contribution in [1.82, 2.24) is 0 Å². The van der Waals surface area contributed by atoms with Gasteiger partial charge in [-0.1, -0.05) is 48.0 Å². The summed E-state index contributed by atoms with van der Waals surface area (Å²) in [5.74, 6) is -0.0932. The van der Waals surface area contributed by atoms with E-state index in [0.717, 1.165) is 24.2 Å². The highest BCUT2D eigenvalue weighted by Crippen LogP contribution is 2.27. The summed E-state index contributed by atoms with van der Waals surface area (Å²) >= 11 is 5.85. The summed E-state index contributed by atoms with van der Waals surface area (Å²) in [6, 6.07) is 15.5. The molecular weight excluding hydrogens is 308 g/mol. The minimum absolute atomic E-state index is 0.0932. The zero-order chi connectivity index (χ0) is 16.2. The van der Waals surface area contributed by atoms with Gasteiger partial charge in [0, 0.05) is 11.6 Å². The first-order chi connectivity index (χ1) is 11.1. The van der Waals surface area contributed by atoms with Gasteiger partial charge in [-0.3, -0.25) is 9.80 Å². The average molecular weight is 325 g/mol. The first-order valence-corrected chi connectivity index (χ1v) is 7.90. The van der Waals surface area contributed by atoms with Crippen molar-refractivity contribution < 1.29 is 4.79 Å². The summed E-state index contributed by atoms with van der Waals surface area (Å²) in [5.41, 5.74) is 3.77. The van der Waals surface area contributed by atoms with Gasteiger partial charge in [0.1, 0.15) is 5.71 Å². The summed E-state index contributed by atoms with van der Waals surface area (Å²) in [5, 5.41) is 7.05. The maximum absolute atomic E-state index is 12.2. The van der Waals surface area contributed by atoms with Crippen molar-refractivity contribution in [2.45, 2.75) is 13.3 Å². The van der Waals surface area contributed by atoms with Crippen LogP contribution in [0.4, 0.5) is 5.69 Å². The van der Waals surface area contributed by atoms with E-state index in [2.05, 4.69) is 11.2 Å². The Kier molecular flexibility index (Phi) is 4.58. The zero-order valence-corrected chi connectivity index (χ0v) is 13.6. The molecule has 1 heterocycles. The number of hydrogen-bond donors (Lipinski definition) is 0. The standard InChI is InChI=1S/C19H17ClN2O/c1-14(19(23)11-8-15-6-9-17(20)10-7-15)21-22-13-12-16-4-2-3-5-18(16)22/h2-11H,12-13H2,1H3/b11-8+,21-14+. The number of fused-ring (bicyclic) bond motifs is 1. The van der Waals surface area contributed by atoms with Gasteiger partial charge in [-0.2, -0.15) is 5.10 Å². The maximum atomic E-state index is 12.2. The molecule has 3 rings (SSSR count).